The third-order valence-electron chi connectivity index (χ3n) is 6.96. The molecule has 3 unspecified atom stereocenters. The van der Waals surface area contributed by atoms with Gasteiger partial charge in [0.15, 0.2) is 6.29 Å². The normalized spacial score (nSPS) is 24.3. The van der Waals surface area contributed by atoms with Gasteiger partial charge in [0.2, 0.25) is 23.6 Å². The van der Waals surface area contributed by atoms with Crippen LogP contribution in [-0.4, -0.2) is 140 Å². The van der Waals surface area contributed by atoms with E-state index in [0.717, 1.165) is 6.92 Å². The topological polar surface area (TPSA) is 333 Å². The lowest BCUT2D eigenvalue weighted by atomic mass is 9.96. The van der Waals surface area contributed by atoms with Crippen molar-refractivity contribution < 1.29 is 73.7 Å². The van der Waals surface area contributed by atoms with E-state index in [1.165, 1.54) is 13.8 Å². The van der Waals surface area contributed by atoms with Gasteiger partial charge in [0.1, 0.15) is 54.6 Å². The Morgan fingerprint density at radius 2 is 1.43 bits per heavy atom. The van der Waals surface area contributed by atoms with Crippen LogP contribution in [0, 0.1) is 0 Å². The smallest absolute Gasteiger partial charge is 0.326 e. The molecule has 0 aromatic rings. The number of nitrogens with two attached hydrogens (primary N) is 1. The molecule has 46 heavy (non-hydrogen) atoms. The van der Waals surface area contributed by atoms with Crippen molar-refractivity contribution in [3.63, 3.8) is 0 Å². The zero-order valence-corrected chi connectivity index (χ0v) is 25.5. The Labute approximate surface area is 263 Å². The minimum atomic E-state index is -1.71. The van der Waals surface area contributed by atoms with E-state index in [0.29, 0.717) is 0 Å². The number of hydrogen-bond acceptors (Lipinski definition) is 13. The molecule has 0 spiro atoms. The van der Waals surface area contributed by atoms with Crippen LogP contribution in [0.2, 0.25) is 0 Å². The lowest BCUT2D eigenvalue weighted by molar-refractivity contribution is -0.266. The number of ether oxygens (including phenoxy) is 2. The summed E-state index contributed by atoms with van der Waals surface area (Å²) in [6.45, 7) is 2.85. The summed E-state index contributed by atoms with van der Waals surface area (Å²) < 4.78 is 10.6. The Morgan fingerprint density at radius 3 is 1.96 bits per heavy atom. The van der Waals surface area contributed by atoms with Gasteiger partial charge in [-0.2, -0.15) is 0 Å². The Hall–Kier alpha value is -3.95. The van der Waals surface area contributed by atoms with Crippen LogP contribution in [-0.2, 0) is 43.0 Å². The second kappa shape index (κ2) is 18.9. The van der Waals surface area contributed by atoms with Crippen molar-refractivity contribution in [2.24, 2.45) is 5.73 Å². The number of nitrogens with one attached hydrogen (secondary N) is 4. The minimum absolute atomic E-state index is 0.0376. The number of aliphatic hydroxyl groups is 3. The van der Waals surface area contributed by atoms with Crippen LogP contribution in [0.15, 0.2) is 0 Å². The summed E-state index contributed by atoms with van der Waals surface area (Å²) in [6.07, 6.45) is -8.50. The van der Waals surface area contributed by atoms with Gasteiger partial charge in [-0.25, -0.2) is 9.59 Å². The third kappa shape index (κ3) is 12.8. The predicted molar refractivity (Wildman–Crippen MR) is 151 cm³/mol. The molecule has 0 bridgehead atoms. The first-order valence-electron chi connectivity index (χ1n) is 14.3. The Kier molecular flexibility index (Phi) is 16.5. The summed E-state index contributed by atoms with van der Waals surface area (Å²) in [5.41, 5.74) is 5.37. The summed E-state index contributed by atoms with van der Waals surface area (Å²) >= 11 is 0. The van der Waals surface area contributed by atoms with E-state index < -0.39 is 122 Å². The molecular formula is C26H43N5O15. The van der Waals surface area contributed by atoms with Crippen LogP contribution >= 0.6 is 0 Å². The summed E-state index contributed by atoms with van der Waals surface area (Å²) in [5.74, 6) is -7.53. The Bertz CT molecular complexity index is 1110. The van der Waals surface area contributed by atoms with Crippen LogP contribution in [0.25, 0.3) is 0 Å². The van der Waals surface area contributed by atoms with Gasteiger partial charge < -0.3 is 67.1 Å². The lowest BCUT2D eigenvalue weighted by Crippen LogP contribution is -2.65. The van der Waals surface area contributed by atoms with Gasteiger partial charge in [-0.3, -0.25) is 24.0 Å². The molecule has 0 saturated carbocycles. The number of aliphatic hydroxyl groups excluding tert-OH is 3. The van der Waals surface area contributed by atoms with Crippen LogP contribution in [0.5, 0.6) is 0 Å². The number of carboxylic acids is 3. The molecule has 10 atom stereocenters. The first kappa shape index (κ1) is 40.1. The van der Waals surface area contributed by atoms with Gasteiger partial charge in [0.25, 0.3) is 0 Å². The van der Waals surface area contributed by atoms with Gasteiger partial charge in [0.05, 0.1) is 6.61 Å². The Morgan fingerprint density at radius 1 is 0.848 bits per heavy atom. The van der Waals surface area contributed by atoms with Crippen LogP contribution in [0.1, 0.15) is 52.9 Å². The fourth-order valence-corrected chi connectivity index (χ4v) is 4.35. The second-order valence-corrected chi connectivity index (χ2v) is 10.7. The molecule has 12 N–H and O–H groups in total. The highest BCUT2D eigenvalue weighted by atomic mass is 16.6. The standard InChI is InChI=1S/C26H43N5O15/c1-10(28-22(37)11(2)45-20-18(29-12(3)33)26(44)46-16(9-32)19(20)35)21(36)31-15(25(42)43)7-8-17(34)30-14(24(40)41)6-4-5-13(27)23(38)39/h10-11,13-16,18-20,26,32,35,44H,4-9,27H2,1-3H3,(H,28,37)(H,29,33)(H,30,34)(H,31,36)(H,38,39)(H,40,41)(H,42,43)/t10-,11+,13?,14?,15+,16+,18+,19+,20+,26?/m0/s1. The lowest BCUT2D eigenvalue weighted by Gasteiger charge is -2.43. The molecule has 4 amide bonds. The fraction of sp³-hybridized carbons (Fsp3) is 0.731. The molecule has 0 radical (unpaired) electrons. The van der Waals surface area contributed by atoms with Crippen LogP contribution in [0.4, 0.5) is 0 Å². The third-order valence-corrected chi connectivity index (χ3v) is 6.96. The molecule has 262 valence electrons. The van der Waals surface area contributed by atoms with Crippen molar-refractivity contribution in [2.45, 2.75) is 114 Å². The monoisotopic (exact) mass is 665 g/mol. The van der Waals surface area contributed by atoms with E-state index >= 15 is 0 Å². The summed E-state index contributed by atoms with van der Waals surface area (Å²) in [4.78, 5) is 83.3. The fourth-order valence-electron chi connectivity index (χ4n) is 4.35. The molecule has 20 heteroatoms. The first-order valence-corrected chi connectivity index (χ1v) is 14.3. The highest BCUT2D eigenvalue weighted by Gasteiger charge is 2.47. The highest BCUT2D eigenvalue weighted by Crippen LogP contribution is 2.23. The van der Waals surface area contributed by atoms with E-state index in [2.05, 4.69) is 21.3 Å². The molecule has 0 aromatic heterocycles. The van der Waals surface area contributed by atoms with E-state index in [-0.39, 0.29) is 19.3 Å². The molecule has 0 aliphatic carbocycles. The maximum atomic E-state index is 12.8. The maximum Gasteiger partial charge on any atom is 0.326 e. The van der Waals surface area contributed by atoms with E-state index in [1.54, 1.807) is 0 Å². The second-order valence-electron chi connectivity index (χ2n) is 10.7. The van der Waals surface area contributed by atoms with E-state index in [1.807, 2.05) is 0 Å². The largest absolute Gasteiger partial charge is 0.480 e. The molecule has 1 rings (SSSR count). The highest BCUT2D eigenvalue weighted by molar-refractivity contribution is 5.91. The van der Waals surface area contributed by atoms with Crippen LogP contribution in [0.3, 0.4) is 0 Å². The van der Waals surface area contributed by atoms with Crippen molar-refractivity contribution in [1.82, 2.24) is 21.3 Å². The Balaban J connectivity index is 2.73. The number of carbonyl (C=O) groups excluding carboxylic acids is 4. The van der Waals surface area contributed by atoms with Crippen molar-refractivity contribution in [3.05, 3.63) is 0 Å². The van der Waals surface area contributed by atoms with E-state index in [4.69, 9.17) is 20.3 Å². The van der Waals surface area contributed by atoms with Crippen molar-refractivity contribution in [2.75, 3.05) is 6.61 Å². The van der Waals surface area contributed by atoms with Crippen molar-refractivity contribution in [1.29, 1.82) is 0 Å². The number of amides is 4. The molecule has 1 fully saturated rings. The van der Waals surface area contributed by atoms with Crippen LogP contribution < -0.4 is 27.0 Å². The average Bonchev–Trinajstić information content (AvgIpc) is 2.96. The molecule has 1 aliphatic rings. The maximum absolute atomic E-state index is 12.8. The van der Waals surface area contributed by atoms with Gasteiger partial charge in [-0.15, -0.1) is 0 Å². The summed E-state index contributed by atoms with van der Waals surface area (Å²) in [7, 11) is 0. The van der Waals surface area contributed by atoms with Crippen molar-refractivity contribution >= 4 is 41.5 Å². The number of aliphatic carboxylic acids is 3. The average molecular weight is 666 g/mol. The van der Waals surface area contributed by atoms with Gasteiger partial charge >= 0.3 is 17.9 Å². The summed E-state index contributed by atoms with van der Waals surface area (Å²) in [5, 5.41) is 66.8. The molecule has 0 aromatic carbocycles. The van der Waals surface area contributed by atoms with Gasteiger partial charge in [-0.1, -0.05) is 0 Å². The number of carboxylic acid groups (broad SMARTS) is 3. The number of hydrogen-bond donors (Lipinski definition) is 11. The van der Waals surface area contributed by atoms with Gasteiger partial charge in [0, 0.05) is 13.3 Å². The molecule has 20 nitrogen and oxygen atoms in total. The molecule has 1 saturated heterocycles. The zero-order chi connectivity index (χ0) is 35.3. The van der Waals surface area contributed by atoms with Crippen molar-refractivity contribution in [3.8, 4) is 0 Å². The molecular weight excluding hydrogens is 622 g/mol. The molecule has 1 aliphatic heterocycles. The minimum Gasteiger partial charge on any atom is -0.480 e. The summed E-state index contributed by atoms with van der Waals surface area (Å²) in [6, 6.07) is -6.88. The number of rotatable bonds is 19. The first-order chi connectivity index (χ1) is 21.4. The van der Waals surface area contributed by atoms with E-state index in [9.17, 15) is 59.1 Å². The van der Waals surface area contributed by atoms with Gasteiger partial charge in [-0.05, 0) is 39.5 Å². The number of carbonyl (C=O) groups is 7. The predicted octanol–water partition coefficient (Wildman–Crippen LogP) is -4.66. The zero-order valence-electron chi connectivity index (χ0n) is 25.5. The SMILES string of the molecule is CC(=O)N[C@H]1C(O)O[C@H](CO)[C@@H](O)[C@@H]1O[C@H](C)C(=O)N[C@@H](C)C(=O)N[C@H](CCC(=O)NC(CCCC(N)C(=O)O)C(=O)O)C(=O)O. The quantitative estimate of drug-likeness (QED) is 0.0617. The molecule has 1 heterocycles.